The van der Waals surface area contributed by atoms with Crippen LogP contribution < -0.4 is 14.8 Å². The third-order valence-electron chi connectivity index (χ3n) is 5.18. The Morgan fingerprint density at radius 3 is 2.77 bits per heavy atom. The Hall–Kier alpha value is -4.16. The highest BCUT2D eigenvalue weighted by Gasteiger charge is 2.43. The van der Waals surface area contributed by atoms with E-state index in [9.17, 15) is 27.2 Å². The summed E-state index contributed by atoms with van der Waals surface area (Å²) in [5, 5.41) is 2.77. The van der Waals surface area contributed by atoms with E-state index in [0.717, 1.165) is 18.3 Å². The van der Waals surface area contributed by atoms with Crippen molar-refractivity contribution in [2.45, 2.75) is 25.2 Å². The Morgan fingerprint density at radius 2 is 2.06 bits per heavy atom. The van der Waals surface area contributed by atoms with E-state index in [1.807, 2.05) is 0 Å². The molecule has 9 nitrogen and oxygen atoms in total. The molecule has 3 heterocycles. The number of amides is 1. The van der Waals surface area contributed by atoms with Gasteiger partial charge in [-0.2, -0.15) is 0 Å². The van der Waals surface area contributed by atoms with Crippen LogP contribution in [0.1, 0.15) is 45.7 Å². The lowest BCUT2D eigenvalue weighted by atomic mass is 9.81. The number of carbonyl (C=O) groups excluding carboxylic acids is 2. The van der Waals surface area contributed by atoms with Gasteiger partial charge in [-0.05, 0) is 36.8 Å². The second-order valence-corrected chi connectivity index (χ2v) is 7.37. The molecule has 1 amide bonds. The Bertz CT molecular complexity index is 1260. The van der Waals surface area contributed by atoms with Crippen molar-refractivity contribution in [1.29, 1.82) is 0 Å². The first-order valence-electron chi connectivity index (χ1n) is 10.3. The molecule has 0 unspecified atom stereocenters. The summed E-state index contributed by atoms with van der Waals surface area (Å²) >= 11 is 0. The van der Waals surface area contributed by atoms with E-state index in [2.05, 4.69) is 25.0 Å². The summed E-state index contributed by atoms with van der Waals surface area (Å²) in [4.78, 5) is 35.7. The highest BCUT2D eigenvalue weighted by molar-refractivity contribution is 5.95. The smallest absolute Gasteiger partial charge is 0.491 e. The van der Waals surface area contributed by atoms with E-state index in [-0.39, 0.29) is 42.4 Å². The van der Waals surface area contributed by atoms with Crippen LogP contribution in [-0.2, 0) is 10.3 Å². The maximum absolute atomic E-state index is 14.6. The minimum absolute atomic E-state index is 0.0700. The van der Waals surface area contributed by atoms with Crippen molar-refractivity contribution in [3.8, 4) is 11.5 Å². The number of halogens is 4. The van der Waals surface area contributed by atoms with Crippen LogP contribution >= 0.6 is 0 Å². The molecule has 1 aliphatic rings. The maximum Gasteiger partial charge on any atom is 0.573 e. The van der Waals surface area contributed by atoms with Crippen molar-refractivity contribution in [3.63, 3.8) is 0 Å². The van der Waals surface area contributed by atoms with Gasteiger partial charge in [0.25, 0.3) is 5.91 Å². The van der Waals surface area contributed by atoms with Crippen molar-refractivity contribution in [3.05, 3.63) is 71.3 Å². The molecule has 0 radical (unpaired) electrons. The number of carbonyl (C=O) groups is 2. The van der Waals surface area contributed by atoms with Gasteiger partial charge in [0.2, 0.25) is 5.82 Å². The average molecular weight is 494 g/mol. The minimum Gasteiger partial charge on any atom is -0.491 e. The van der Waals surface area contributed by atoms with Crippen molar-refractivity contribution in [1.82, 2.24) is 20.3 Å². The van der Waals surface area contributed by atoms with Gasteiger partial charge >= 0.3 is 12.3 Å². The van der Waals surface area contributed by atoms with Gasteiger partial charge in [0.15, 0.2) is 11.6 Å². The molecule has 13 heteroatoms. The number of esters is 1. The monoisotopic (exact) mass is 494 g/mol. The Balaban J connectivity index is 1.75. The van der Waals surface area contributed by atoms with Gasteiger partial charge in [0, 0.05) is 12.6 Å². The van der Waals surface area contributed by atoms with Crippen LogP contribution in [0.15, 0.2) is 42.7 Å². The first kappa shape index (κ1) is 24.0. The number of aromatic nitrogens is 3. The summed E-state index contributed by atoms with van der Waals surface area (Å²) in [7, 11) is 0. The van der Waals surface area contributed by atoms with E-state index < -0.39 is 35.3 Å². The van der Waals surface area contributed by atoms with Crippen LogP contribution in [0.4, 0.5) is 17.6 Å². The van der Waals surface area contributed by atoms with Crippen LogP contribution in [0.3, 0.4) is 0 Å². The number of nitrogens with zero attached hydrogens (tertiary/aromatic N) is 2. The number of H-pyrrole nitrogens is 1. The normalized spacial score (nSPS) is 17.2. The second-order valence-electron chi connectivity index (χ2n) is 7.37. The maximum atomic E-state index is 14.6. The van der Waals surface area contributed by atoms with Gasteiger partial charge in [-0.25, -0.2) is 14.2 Å². The van der Waals surface area contributed by atoms with Crippen molar-refractivity contribution >= 4 is 11.9 Å². The number of aromatic amines is 1. The summed E-state index contributed by atoms with van der Waals surface area (Å²) in [6.07, 6.45) is -2.46. The summed E-state index contributed by atoms with van der Waals surface area (Å²) < 4.78 is 66.6. The fourth-order valence-electron chi connectivity index (χ4n) is 3.71. The molecule has 184 valence electrons. The van der Waals surface area contributed by atoms with Crippen molar-refractivity contribution in [2.24, 2.45) is 0 Å². The van der Waals surface area contributed by atoms with Crippen molar-refractivity contribution < 1.29 is 41.4 Å². The summed E-state index contributed by atoms with van der Waals surface area (Å²) in [5.41, 5.74) is -1.27. The summed E-state index contributed by atoms with van der Waals surface area (Å²) in [5.74, 6) is -3.71. The lowest BCUT2D eigenvalue weighted by Gasteiger charge is -2.38. The number of hydrogen-bond donors (Lipinski definition) is 2. The molecule has 2 N–H and O–H groups in total. The van der Waals surface area contributed by atoms with E-state index in [0.29, 0.717) is 5.75 Å². The van der Waals surface area contributed by atoms with E-state index in [1.54, 1.807) is 19.1 Å². The number of benzene rings is 1. The molecular weight excluding hydrogens is 476 g/mol. The Morgan fingerprint density at radius 1 is 1.26 bits per heavy atom. The number of fused-ring (bicyclic) bond motifs is 1. The number of pyridine rings is 1. The summed E-state index contributed by atoms with van der Waals surface area (Å²) in [6.45, 7) is 1.79. The largest absolute Gasteiger partial charge is 0.573 e. The fourth-order valence-corrected chi connectivity index (χ4v) is 3.71. The van der Waals surface area contributed by atoms with Gasteiger partial charge in [-0.1, -0.05) is 6.07 Å². The van der Waals surface area contributed by atoms with Gasteiger partial charge in [0.1, 0.15) is 22.7 Å². The van der Waals surface area contributed by atoms with Gasteiger partial charge in [0.05, 0.1) is 19.4 Å². The van der Waals surface area contributed by atoms with Crippen LogP contribution in [0, 0.1) is 5.82 Å². The van der Waals surface area contributed by atoms with Gasteiger partial charge < -0.3 is 24.5 Å². The van der Waals surface area contributed by atoms with Crippen molar-refractivity contribution in [2.75, 3.05) is 13.2 Å². The zero-order valence-electron chi connectivity index (χ0n) is 18.1. The number of ether oxygens (including phenoxy) is 3. The van der Waals surface area contributed by atoms with E-state index >= 15 is 0 Å². The first-order chi connectivity index (χ1) is 16.6. The molecule has 0 saturated heterocycles. The lowest BCUT2D eigenvalue weighted by molar-refractivity contribution is -0.275. The van der Waals surface area contributed by atoms with Gasteiger partial charge in [-0.3, -0.25) is 9.78 Å². The molecule has 1 atom stereocenters. The number of alkyl halides is 3. The molecule has 0 spiro atoms. The SMILES string of the molecule is CCOC(=O)c1ncc(C(=O)N[C@]2(c3ccc(OC(F)(F)F)c(F)c3)CCOc3cccnc32)[nH]1. The lowest BCUT2D eigenvalue weighted by Crippen LogP contribution is -2.50. The molecule has 0 aliphatic carbocycles. The molecule has 2 aromatic heterocycles. The molecule has 3 aromatic rings. The minimum atomic E-state index is -5.08. The number of rotatable bonds is 6. The van der Waals surface area contributed by atoms with E-state index in [1.165, 1.54) is 12.3 Å². The topological polar surface area (TPSA) is 115 Å². The van der Waals surface area contributed by atoms with Crippen LogP contribution in [0.2, 0.25) is 0 Å². The number of nitrogens with one attached hydrogen (secondary N) is 2. The fraction of sp³-hybridized carbons (Fsp3) is 0.273. The number of hydrogen-bond acceptors (Lipinski definition) is 7. The zero-order valence-corrected chi connectivity index (χ0v) is 18.1. The Kier molecular flexibility index (Phi) is 6.33. The third kappa shape index (κ3) is 4.88. The molecule has 35 heavy (non-hydrogen) atoms. The Labute approximate surface area is 195 Å². The van der Waals surface area contributed by atoms with E-state index in [4.69, 9.17) is 9.47 Å². The van der Waals surface area contributed by atoms with Crippen LogP contribution in [0.25, 0.3) is 0 Å². The highest BCUT2D eigenvalue weighted by atomic mass is 19.4. The predicted molar refractivity (Wildman–Crippen MR) is 110 cm³/mol. The molecule has 1 aromatic carbocycles. The quantitative estimate of drug-likeness (QED) is 0.398. The molecule has 1 aliphatic heterocycles. The first-order valence-corrected chi connectivity index (χ1v) is 10.3. The number of imidazole rings is 1. The van der Waals surface area contributed by atoms with Crippen LogP contribution in [-0.4, -0.2) is 46.4 Å². The third-order valence-corrected chi connectivity index (χ3v) is 5.18. The summed E-state index contributed by atoms with van der Waals surface area (Å²) in [6, 6.07) is 6.04. The molecular formula is C22H18F4N4O5. The molecule has 0 fully saturated rings. The predicted octanol–water partition coefficient (Wildman–Crippen LogP) is 3.48. The second kappa shape index (κ2) is 9.24. The molecule has 0 saturated carbocycles. The standard InChI is InChI=1S/C22H18F4N4O5/c1-2-33-20(32)18-28-11-14(29-18)19(31)30-21(7-9-34-16-4-3-8-27-17(16)21)12-5-6-15(13(23)10-12)35-22(24,25)26/h3-6,8,10-11H,2,7,9H2,1H3,(H,28,29)(H,30,31)/t21-/m0/s1. The zero-order chi connectivity index (χ0) is 25.2. The molecule has 4 rings (SSSR count). The highest BCUT2D eigenvalue weighted by Crippen LogP contribution is 2.42. The average Bonchev–Trinajstić information content (AvgIpc) is 3.31. The van der Waals surface area contributed by atoms with Crippen LogP contribution in [0.5, 0.6) is 11.5 Å². The van der Waals surface area contributed by atoms with Gasteiger partial charge in [-0.15, -0.1) is 13.2 Å². The molecule has 0 bridgehead atoms.